The normalized spacial score (nSPS) is 15.8. The summed E-state index contributed by atoms with van der Waals surface area (Å²) in [5, 5.41) is 2.68. The van der Waals surface area contributed by atoms with Crippen LogP contribution < -0.4 is 5.32 Å². The van der Waals surface area contributed by atoms with Crippen molar-refractivity contribution in [3.05, 3.63) is 71.7 Å². The van der Waals surface area contributed by atoms with Crippen molar-refractivity contribution >= 4 is 23.6 Å². The Labute approximate surface area is 139 Å². The van der Waals surface area contributed by atoms with Crippen molar-refractivity contribution in [1.29, 1.82) is 0 Å². The van der Waals surface area contributed by atoms with E-state index in [1.165, 1.54) is 25.1 Å². The molecular weight excluding hydrogens is 307 g/mol. The Kier molecular flexibility index (Phi) is 4.42. The summed E-state index contributed by atoms with van der Waals surface area (Å²) in [6.07, 6.45) is 3.65. The fourth-order valence-corrected chi connectivity index (χ4v) is 2.87. The number of halogens is 1. The SMILES string of the molecule is CC(=O)N1C=Cc2ccccc2[C@H]1CC(=O)Nc1cccc(F)c1. The molecule has 2 aromatic carbocycles. The number of nitrogens with zero attached hydrogens (tertiary/aromatic N) is 1. The highest BCUT2D eigenvalue weighted by atomic mass is 19.1. The fraction of sp³-hybridized carbons (Fsp3) is 0.158. The predicted octanol–water partition coefficient (Wildman–Crippen LogP) is 3.73. The van der Waals surface area contributed by atoms with Gasteiger partial charge in [-0.1, -0.05) is 30.3 Å². The maximum absolute atomic E-state index is 13.2. The van der Waals surface area contributed by atoms with Gasteiger partial charge in [-0.3, -0.25) is 9.59 Å². The average molecular weight is 324 g/mol. The first-order chi connectivity index (χ1) is 11.5. The lowest BCUT2D eigenvalue weighted by Crippen LogP contribution is -2.33. The number of fused-ring (bicyclic) bond motifs is 1. The van der Waals surface area contributed by atoms with E-state index in [0.717, 1.165) is 11.1 Å². The van der Waals surface area contributed by atoms with Crippen LogP contribution in [0.5, 0.6) is 0 Å². The first-order valence-electron chi connectivity index (χ1n) is 7.66. The molecule has 0 saturated carbocycles. The molecule has 0 bridgehead atoms. The molecule has 1 atom stereocenters. The molecule has 5 heteroatoms. The number of nitrogens with one attached hydrogen (secondary N) is 1. The van der Waals surface area contributed by atoms with Gasteiger partial charge in [0.05, 0.1) is 12.5 Å². The van der Waals surface area contributed by atoms with Crippen LogP contribution in [0.2, 0.25) is 0 Å². The summed E-state index contributed by atoms with van der Waals surface area (Å²) in [6, 6.07) is 13.0. The zero-order valence-electron chi connectivity index (χ0n) is 13.2. The molecule has 4 nitrogen and oxygen atoms in total. The number of carbonyl (C=O) groups excluding carboxylic acids is 2. The molecule has 0 unspecified atom stereocenters. The lowest BCUT2D eigenvalue weighted by Gasteiger charge is -2.32. The third-order valence-corrected chi connectivity index (χ3v) is 3.96. The summed E-state index contributed by atoms with van der Waals surface area (Å²) < 4.78 is 13.2. The van der Waals surface area contributed by atoms with Gasteiger partial charge < -0.3 is 10.2 Å². The van der Waals surface area contributed by atoms with Crippen LogP contribution >= 0.6 is 0 Å². The first kappa shape index (κ1) is 15.9. The van der Waals surface area contributed by atoms with Gasteiger partial charge in [-0.25, -0.2) is 4.39 Å². The number of rotatable bonds is 3. The highest BCUT2D eigenvalue weighted by Gasteiger charge is 2.28. The molecule has 122 valence electrons. The van der Waals surface area contributed by atoms with Crippen LogP contribution in [0.15, 0.2) is 54.7 Å². The Balaban J connectivity index is 1.82. The summed E-state index contributed by atoms with van der Waals surface area (Å²) >= 11 is 0. The molecule has 1 N–H and O–H groups in total. The van der Waals surface area contributed by atoms with E-state index >= 15 is 0 Å². The van der Waals surface area contributed by atoms with Crippen LogP contribution in [-0.2, 0) is 9.59 Å². The lowest BCUT2D eigenvalue weighted by molar-refractivity contribution is -0.129. The van der Waals surface area contributed by atoms with E-state index in [0.29, 0.717) is 5.69 Å². The fourth-order valence-electron chi connectivity index (χ4n) is 2.87. The second kappa shape index (κ2) is 6.66. The van der Waals surface area contributed by atoms with Gasteiger partial charge in [0, 0.05) is 18.8 Å². The molecule has 1 aliphatic rings. The third kappa shape index (κ3) is 3.35. The monoisotopic (exact) mass is 324 g/mol. The van der Waals surface area contributed by atoms with Crippen LogP contribution in [0.4, 0.5) is 10.1 Å². The Hall–Kier alpha value is -2.95. The van der Waals surface area contributed by atoms with Crippen LogP contribution in [-0.4, -0.2) is 16.7 Å². The van der Waals surface area contributed by atoms with Crippen molar-refractivity contribution < 1.29 is 14.0 Å². The minimum atomic E-state index is -0.413. The molecule has 0 spiro atoms. The van der Waals surface area contributed by atoms with E-state index in [2.05, 4.69) is 5.32 Å². The maximum Gasteiger partial charge on any atom is 0.226 e. The maximum atomic E-state index is 13.2. The summed E-state index contributed by atoms with van der Waals surface area (Å²) in [4.78, 5) is 25.8. The summed E-state index contributed by atoms with van der Waals surface area (Å²) in [5.41, 5.74) is 2.30. The Bertz CT molecular complexity index is 817. The van der Waals surface area contributed by atoms with Gasteiger partial charge in [0.1, 0.15) is 5.82 Å². The van der Waals surface area contributed by atoms with Gasteiger partial charge in [0.15, 0.2) is 0 Å². The molecule has 2 aromatic rings. The van der Waals surface area contributed by atoms with Crippen molar-refractivity contribution in [2.45, 2.75) is 19.4 Å². The van der Waals surface area contributed by atoms with Crippen LogP contribution in [0.25, 0.3) is 6.08 Å². The van der Waals surface area contributed by atoms with Gasteiger partial charge in [-0.2, -0.15) is 0 Å². The standard InChI is InChI=1S/C19H17FN2O2/c1-13(23)22-10-9-14-5-2-3-8-17(14)18(22)12-19(24)21-16-7-4-6-15(20)11-16/h2-11,18H,12H2,1H3,(H,21,24)/t18-/m1/s1. The van der Waals surface area contributed by atoms with E-state index in [1.54, 1.807) is 17.2 Å². The van der Waals surface area contributed by atoms with E-state index in [1.807, 2.05) is 30.3 Å². The zero-order valence-corrected chi connectivity index (χ0v) is 13.2. The van der Waals surface area contributed by atoms with Crippen molar-refractivity contribution in [2.75, 3.05) is 5.32 Å². The number of amides is 2. The number of hydrogen-bond acceptors (Lipinski definition) is 2. The van der Waals surface area contributed by atoms with Crippen LogP contribution in [0.1, 0.15) is 30.5 Å². The molecule has 1 heterocycles. The molecule has 1 aliphatic heterocycles. The van der Waals surface area contributed by atoms with E-state index < -0.39 is 5.82 Å². The van der Waals surface area contributed by atoms with Crippen molar-refractivity contribution in [3.63, 3.8) is 0 Å². The molecule has 0 radical (unpaired) electrons. The van der Waals surface area contributed by atoms with Gasteiger partial charge >= 0.3 is 0 Å². The number of hydrogen-bond donors (Lipinski definition) is 1. The Morgan fingerprint density at radius 3 is 2.71 bits per heavy atom. The van der Waals surface area contributed by atoms with Crippen molar-refractivity contribution in [1.82, 2.24) is 4.90 Å². The number of carbonyl (C=O) groups is 2. The minimum absolute atomic E-state index is 0.0947. The van der Waals surface area contributed by atoms with E-state index in [9.17, 15) is 14.0 Å². The largest absolute Gasteiger partial charge is 0.326 e. The van der Waals surface area contributed by atoms with Crippen molar-refractivity contribution in [2.24, 2.45) is 0 Å². The van der Waals surface area contributed by atoms with E-state index in [4.69, 9.17) is 0 Å². The average Bonchev–Trinajstić information content (AvgIpc) is 2.54. The van der Waals surface area contributed by atoms with Gasteiger partial charge in [-0.15, -0.1) is 0 Å². The Morgan fingerprint density at radius 1 is 1.17 bits per heavy atom. The van der Waals surface area contributed by atoms with E-state index in [-0.39, 0.29) is 24.3 Å². The summed E-state index contributed by atoms with van der Waals surface area (Å²) in [5.74, 6) is -0.824. The van der Waals surface area contributed by atoms with Gasteiger partial charge in [-0.05, 0) is 35.4 Å². The lowest BCUT2D eigenvalue weighted by atomic mass is 9.93. The summed E-state index contributed by atoms with van der Waals surface area (Å²) in [6.45, 7) is 1.47. The zero-order chi connectivity index (χ0) is 17.1. The minimum Gasteiger partial charge on any atom is -0.326 e. The molecule has 0 saturated heterocycles. The molecule has 24 heavy (non-hydrogen) atoms. The second-order valence-corrected chi connectivity index (χ2v) is 5.65. The summed E-state index contributed by atoms with van der Waals surface area (Å²) in [7, 11) is 0. The quantitative estimate of drug-likeness (QED) is 0.935. The highest BCUT2D eigenvalue weighted by Crippen LogP contribution is 2.33. The second-order valence-electron chi connectivity index (χ2n) is 5.65. The van der Waals surface area contributed by atoms with Gasteiger partial charge in [0.25, 0.3) is 0 Å². The molecule has 0 aromatic heterocycles. The highest BCUT2D eigenvalue weighted by molar-refractivity contribution is 5.92. The number of benzene rings is 2. The van der Waals surface area contributed by atoms with Crippen LogP contribution in [0, 0.1) is 5.82 Å². The predicted molar refractivity (Wildman–Crippen MR) is 90.4 cm³/mol. The third-order valence-electron chi connectivity index (χ3n) is 3.96. The molecule has 2 amide bonds. The topological polar surface area (TPSA) is 49.4 Å². The van der Waals surface area contributed by atoms with Gasteiger partial charge in [0.2, 0.25) is 11.8 Å². The first-order valence-corrected chi connectivity index (χ1v) is 7.66. The molecular formula is C19H17FN2O2. The molecule has 0 aliphatic carbocycles. The smallest absolute Gasteiger partial charge is 0.226 e. The van der Waals surface area contributed by atoms with Crippen LogP contribution in [0.3, 0.4) is 0 Å². The molecule has 3 rings (SSSR count). The van der Waals surface area contributed by atoms with Crippen molar-refractivity contribution in [3.8, 4) is 0 Å². The molecule has 0 fully saturated rings. The Morgan fingerprint density at radius 2 is 1.96 bits per heavy atom. The number of anilines is 1.